The van der Waals surface area contributed by atoms with Gasteiger partial charge in [-0.05, 0) is 30.0 Å². The first kappa shape index (κ1) is 21.1. The topological polar surface area (TPSA) is 113 Å². The van der Waals surface area contributed by atoms with Crippen molar-refractivity contribution in [2.75, 3.05) is 5.75 Å². The Morgan fingerprint density at radius 3 is 2.84 bits per heavy atom. The lowest BCUT2D eigenvalue weighted by molar-refractivity contribution is -0.141. The summed E-state index contributed by atoms with van der Waals surface area (Å²) in [6.45, 7) is 2.66. The second-order valence-corrected chi connectivity index (χ2v) is 8.73. The van der Waals surface area contributed by atoms with E-state index in [0.29, 0.717) is 11.7 Å². The molecule has 3 heterocycles. The highest BCUT2D eigenvalue weighted by Gasteiger charge is 2.23. The van der Waals surface area contributed by atoms with E-state index in [1.807, 2.05) is 53.3 Å². The molecule has 0 saturated carbocycles. The molecule has 4 rings (SSSR count). The first-order chi connectivity index (χ1) is 15.1. The number of nitrogens with one attached hydrogen (secondary N) is 2. The molecule has 160 valence electrons. The number of carboxylic acid groups (broad SMARTS) is 1. The summed E-state index contributed by atoms with van der Waals surface area (Å²) in [6.07, 6.45) is 1.99. The number of para-hydroxylation sites is 1. The molecule has 8 nitrogen and oxygen atoms in total. The molecule has 0 aliphatic carbocycles. The number of nitrogens with zero attached hydrogens (tertiary/aromatic N) is 3. The van der Waals surface area contributed by atoms with Gasteiger partial charge in [0.1, 0.15) is 6.04 Å². The Morgan fingerprint density at radius 2 is 2.10 bits per heavy atom. The molecule has 1 atom stereocenters. The summed E-state index contributed by atoms with van der Waals surface area (Å²) in [4.78, 5) is 28.4. The van der Waals surface area contributed by atoms with Crippen molar-refractivity contribution in [3.05, 3.63) is 53.5 Å². The second kappa shape index (κ2) is 9.36. The van der Waals surface area contributed by atoms with Crippen molar-refractivity contribution in [2.45, 2.75) is 31.1 Å². The molecule has 31 heavy (non-hydrogen) atoms. The van der Waals surface area contributed by atoms with Crippen LogP contribution in [0.5, 0.6) is 0 Å². The van der Waals surface area contributed by atoms with E-state index >= 15 is 0 Å². The van der Waals surface area contributed by atoms with Crippen molar-refractivity contribution in [1.82, 2.24) is 25.1 Å². The van der Waals surface area contributed by atoms with Crippen LogP contribution in [0.25, 0.3) is 21.6 Å². The summed E-state index contributed by atoms with van der Waals surface area (Å²) in [6, 6.07) is 10.6. The fourth-order valence-electron chi connectivity index (χ4n) is 3.36. The number of benzene rings is 1. The van der Waals surface area contributed by atoms with Gasteiger partial charge < -0.3 is 20.0 Å². The number of fused-ring (bicyclic) bond motifs is 1. The summed E-state index contributed by atoms with van der Waals surface area (Å²) >= 11 is 2.82. The Bertz CT molecular complexity index is 1200. The van der Waals surface area contributed by atoms with Crippen LogP contribution in [0.3, 0.4) is 0 Å². The van der Waals surface area contributed by atoms with E-state index in [-0.39, 0.29) is 18.1 Å². The van der Waals surface area contributed by atoms with E-state index in [2.05, 4.69) is 20.5 Å². The minimum atomic E-state index is -1.07. The number of hydrogen-bond donors (Lipinski definition) is 3. The predicted molar refractivity (Wildman–Crippen MR) is 121 cm³/mol. The lowest BCUT2D eigenvalue weighted by atomic mass is 10.1. The fraction of sp³-hybridized carbons (Fsp3) is 0.238. The van der Waals surface area contributed by atoms with E-state index in [1.54, 1.807) is 17.5 Å². The third-order valence-corrected chi connectivity index (χ3v) is 6.67. The number of hydrogen-bond acceptors (Lipinski definition) is 6. The van der Waals surface area contributed by atoms with Crippen molar-refractivity contribution in [2.24, 2.45) is 0 Å². The first-order valence-electron chi connectivity index (χ1n) is 9.73. The maximum Gasteiger partial charge on any atom is 0.326 e. The Labute approximate surface area is 186 Å². The Morgan fingerprint density at radius 1 is 1.26 bits per heavy atom. The number of aliphatic carboxylic acids is 1. The van der Waals surface area contributed by atoms with Crippen LogP contribution in [-0.4, -0.2) is 48.5 Å². The molecule has 0 aliphatic heterocycles. The number of carboxylic acids is 1. The molecule has 0 aliphatic rings. The molecule has 3 N–H and O–H groups in total. The Kier molecular flexibility index (Phi) is 6.38. The van der Waals surface area contributed by atoms with Gasteiger partial charge in [-0.1, -0.05) is 36.0 Å². The van der Waals surface area contributed by atoms with Crippen LogP contribution in [0.4, 0.5) is 0 Å². The SMILES string of the molecule is CCn1c(SCC(=O)NC(Cc2c[nH]c3ccccc23)C(=O)O)nnc1-c1cccs1. The lowest BCUT2D eigenvalue weighted by Crippen LogP contribution is -2.43. The van der Waals surface area contributed by atoms with E-state index in [4.69, 9.17) is 0 Å². The number of aromatic amines is 1. The van der Waals surface area contributed by atoms with E-state index in [9.17, 15) is 14.7 Å². The predicted octanol–water partition coefficient (Wildman–Crippen LogP) is 3.41. The summed E-state index contributed by atoms with van der Waals surface area (Å²) in [7, 11) is 0. The number of thioether (sulfide) groups is 1. The third kappa shape index (κ3) is 4.64. The molecule has 3 aromatic heterocycles. The van der Waals surface area contributed by atoms with Crippen LogP contribution in [0, 0.1) is 0 Å². The standard InChI is InChI=1S/C21H21N5O3S2/c1-2-26-19(17-8-5-9-30-17)24-25-21(26)31-12-18(27)23-16(20(28)29)10-13-11-22-15-7-4-3-6-14(13)15/h3-9,11,16,22H,2,10,12H2,1H3,(H,23,27)(H,28,29). The lowest BCUT2D eigenvalue weighted by Gasteiger charge is -2.14. The second-order valence-electron chi connectivity index (χ2n) is 6.84. The van der Waals surface area contributed by atoms with Crippen molar-refractivity contribution in [1.29, 1.82) is 0 Å². The average molecular weight is 456 g/mol. The number of rotatable bonds is 9. The van der Waals surface area contributed by atoms with Crippen LogP contribution in [-0.2, 0) is 22.6 Å². The molecule has 0 saturated heterocycles. The van der Waals surface area contributed by atoms with E-state index < -0.39 is 12.0 Å². The van der Waals surface area contributed by atoms with Crippen molar-refractivity contribution in [3.8, 4) is 10.7 Å². The van der Waals surface area contributed by atoms with Crippen molar-refractivity contribution >= 4 is 45.9 Å². The monoisotopic (exact) mass is 455 g/mol. The molecule has 4 aromatic rings. The molecular weight excluding hydrogens is 434 g/mol. The Balaban J connectivity index is 1.41. The van der Waals surface area contributed by atoms with Crippen molar-refractivity contribution in [3.63, 3.8) is 0 Å². The quantitative estimate of drug-likeness (QED) is 0.333. The van der Waals surface area contributed by atoms with Gasteiger partial charge in [0.05, 0.1) is 10.6 Å². The van der Waals surface area contributed by atoms with Gasteiger partial charge in [0, 0.05) is 30.1 Å². The van der Waals surface area contributed by atoms with Crippen LogP contribution in [0.15, 0.2) is 53.1 Å². The van der Waals surface area contributed by atoms with Gasteiger partial charge in [-0.3, -0.25) is 4.79 Å². The van der Waals surface area contributed by atoms with Gasteiger partial charge in [0.15, 0.2) is 11.0 Å². The number of carbonyl (C=O) groups is 2. The number of thiophene rings is 1. The zero-order chi connectivity index (χ0) is 21.8. The smallest absolute Gasteiger partial charge is 0.326 e. The largest absolute Gasteiger partial charge is 0.480 e. The minimum Gasteiger partial charge on any atom is -0.480 e. The summed E-state index contributed by atoms with van der Waals surface area (Å²) in [5.74, 6) is -0.607. The summed E-state index contributed by atoms with van der Waals surface area (Å²) < 4.78 is 1.95. The molecule has 0 radical (unpaired) electrons. The maximum atomic E-state index is 12.5. The van der Waals surface area contributed by atoms with Crippen LogP contribution in [0.1, 0.15) is 12.5 Å². The fourth-order valence-corrected chi connectivity index (χ4v) is 4.89. The molecule has 0 fully saturated rings. The molecule has 10 heteroatoms. The minimum absolute atomic E-state index is 0.0558. The highest BCUT2D eigenvalue weighted by Crippen LogP contribution is 2.27. The number of amides is 1. The van der Waals surface area contributed by atoms with E-state index in [1.165, 1.54) is 11.8 Å². The summed E-state index contributed by atoms with van der Waals surface area (Å²) in [5.41, 5.74) is 1.78. The highest BCUT2D eigenvalue weighted by atomic mass is 32.2. The van der Waals surface area contributed by atoms with Gasteiger partial charge in [-0.15, -0.1) is 21.5 Å². The van der Waals surface area contributed by atoms with Gasteiger partial charge in [0.25, 0.3) is 0 Å². The highest BCUT2D eigenvalue weighted by molar-refractivity contribution is 7.99. The molecule has 1 unspecified atom stereocenters. The van der Waals surface area contributed by atoms with Gasteiger partial charge >= 0.3 is 5.97 Å². The number of H-pyrrole nitrogens is 1. The van der Waals surface area contributed by atoms with Gasteiger partial charge in [-0.2, -0.15) is 0 Å². The summed E-state index contributed by atoms with van der Waals surface area (Å²) in [5, 5.41) is 24.3. The Hall–Kier alpha value is -3.11. The van der Waals surface area contributed by atoms with E-state index in [0.717, 1.165) is 27.2 Å². The number of carbonyl (C=O) groups excluding carboxylic acids is 1. The zero-order valence-electron chi connectivity index (χ0n) is 16.7. The molecular formula is C21H21N5O3S2. The maximum absolute atomic E-state index is 12.5. The molecule has 0 bridgehead atoms. The van der Waals surface area contributed by atoms with Crippen LogP contribution < -0.4 is 5.32 Å². The van der Waals surface area contributed by atoms with Gasteiger partial charge in [-0.25, -0.2) is 4.79 Å². The van der Waals surface area contributed by atoms with Crippen LogP contribution in [0.2, 0.25) is 0 Å². The first-order valence-corrected chi connectivity index (χ1v) is 11.6. The number of aromatic nitrogens is 4. The normalized spacial score (nSPS) is 12.2. The average Bonchev–Trinajstić information content (AvgIpc) is 3.51. The molecule has 1 aromatic carbocycles. The van der Waals surface area contributed by atoms with Gasteiger partial charge in [0.2, 0.25) is 5.91 Å². The van der Waals surface area contributed by atoms with Crippen molar-refractivity contribution < 1.29 is 14.7 Å². The van der Waals surface area contributed by atoms with Crippen LogP contribution >= 0.6 is 23.1 Å². The molecule has 0 spiro atoms. The zero-order valence-corrected chi connectivity index (χ0v) is 18.4. The molecule has 1 amide bonds. The third-order valence-electron chi connectivity index (χ3n) is 4.84.